The zero-order chi connectivity index (χ0) is 19.3. The van der Waals surface area contributed by atoms with E-state index in [0.717, 1.165) is 51.6 Å². The SMILES string of the molecule is NC1CCC2CN(C(=O)C3CC4CCCCC4N3C(=O)c3ccccc3)CC12. The minimum atomic E-state index is -0.296. The summed E-state index contributed by atoms with van der Waals surface area (Å²) in [7, 11) is 0. The Labute approximate surface area is 167 Å². The maximum absolute atomic E-state index is 13.6. The smallest absolute Gasteiger partial charge is 0.254 e. The van der Waals surface area contributed by atoms with Crippen molar-refractivity contribution in [3.05, 3.63) is 35.9 Å². The predicted octanol–water partition coefficient (Wildman–Crippen LogP) is 2.66. The first-order valence-corrected chi connectivity index (χ1v) is 11.1. The molecule has 0 bridgehead atoms. The third-order valence-corrected chi connectivity index (χ3v) is 7.85. The van der Waals surface area contributed by atoms with Gasteiger partial charge in [0.15, 0.2) is 0 Å². The predicted molar refractivity (Wildman–Crippen MR) is 108 cm³/mol. The zero-order valence-corrected chi connectivity index (χ0v) is 16.5. The third kappa shape index (κ3) is 2.95. The molecule has 0 spiro atoms. The largest absolute Gasteiger partial charge is 0.340 e. The van der Waals surface area contributed by atoms with Crippen molar-refractivity contribution in [1.82, 2.24) is 9.80 Å². The third-order valence-electron chi connectivity index (χ3n) is 7.85. The van der Waals surface area contributed by atoms with E-state index in [-0.39, 0.29) is 29.9 Å². The van der Waals surface area contributed by atoms with E-state index in [1.165, 1.54) is 6.42 Å². The summed E-state index contributed by atoms with van der Waals surface area (Å²) in [4.78, 5) is 31.0. The standard InChI is InChI=1S/C23H31N3O2/c24-19-11-10-17-13-25(14-18(17)19)23(28)21-12-16-8-4-5-9-20(16)26(21)22(27)15-6-2-1-3-7-15/h1-3,6-7,16-21H,4-5,8-14,24H2. The molecule has 1 aromatic rings. The Morgan fingerprint density at radius 2 is 1.71 bits per heavy atom. The topological polar surface area (TPSA) is 66.6 Å². The van der Waals surface area contributed by atoms with Crippen molar-refractivity contribution in [3.8, 4) is 0 Å². The molecule has 2 heterocycles. The van der Waals surface area contributed by atoms with Crippen molar-refractivity contribution < 1.29 is 9.59 Å². The molecule has 5 rings (SSSR count). The zero-order valence-electron chi connectivity index (χ0n) is 16.5. The van der Waals surface area contributed by atoms with Gasteiger partial charge in [-0.1, -0.05) is 31.0 Å². The van der Waals surface area contributed by atoms with Crippen LogP contribution in [0.3, 0.4) is 0 Å². The van der Waals surface area contributed by atoms with E-state index in [1.807, 2.05) is 40.1 Å². The minimum absolute atomic E-state index is 0.0319. The number of likely N-dealkylation sites (tertiary alicyclic amines) is 2. The van der Waals surface area contributed by atoms with Gasteiger partial charge in [-0.3, -0.25) is 9.59 Å². The lowest BCUT2D eigenvalue weighted by Crippen LogP contribution is -2.50. The van der Waals surface area contributed by atoms with Crippen molar-refractivity contribution in [1.29, 1.82) is 0 Å². The summed E-state index contributed by atoms with van der Waals surface area (Å²) in [5, 5.41) is 0. The van der Waals surface area contributed by atoms with E-state index in [1.54, 1.807) is 0 Å². The molecule has 28 heavy (non-hydrogen) atoms. The van der Waals surface area contributed by atoms with E-state index in [4.69, 9.17) is 5.73 Å². The lowest BCUT2D eigenvalue weighted by molar-refractivity contribution is -0.135. The average molecular weight is 382 g/mol. The molecular formula is C23H31N3O2. The summed E-state index contributed by atoms with van der Waals surface area (Å²) in [6.45, 7) is 1.61. The Hall–Kier alpha value is -1.88. The number of fused-ring (bicyclic) bond motifs is 2. The highest BCUT2D eigenvalue weighted by Gasteiger charge is 2.51. The summed E-state index contributed by atoms with van der Waals surface area (Å²) >= 11 is 0. The molecular weight excluding hydrogens is 350 g/mol. The van der Waals surface area contributed by atoms with Crippen molar-refractivity contribution in [2.75, 3.05) is 13.1 Å². The number of benzene rings is 1. The van der Waals surface area contributed by atoms with Crippen LogP contribution in [-0.2, 0) is 4.79 Å². The maximum atomic E-state index is 13.6. The highest BCUT2D eigenvalue weighted by Crippen LogP contribution is 2.43. The molecule has 2 saturated heterocycles. The summed E-state index contributed by atoms with van der Waals surface area (Å²) in [6.07, 6.45) is 7.61. The Kier molecular flexibility index (Phi) is 4.66. The first-order valence-electron chi connectivity index (χ1n) is 11.1. The second kappa shape index (κ2) is 7.18. The van der Waals surface area contributed by atoms with E-state index in [9.17, 15) is 9.59 Å². The molecule has 6 unspecified atom stereocenters. The van der Waals surface area contributed by atoms with Gasteiger partial charge in [0.1, 0.15) is 6.04 Å². The van der Waals surface area contributed by atoms with Crippen molar-refractivity contribution in [3.63, 3.8) is 0 Å². The molecule has 150 valence electrons. The molecule has 6 atom stereocenters. The van der Waals surface area contributed by atoms with E-state index >= 15 is 0 Å². The lowest BCUT2D eigenvalue weighted by atomic mass is 9.84. The van der Waals surface area contributed by atoms with Crippen LogP contribution in [0.4, 0.5) is 0 Å². The highest BCUT2D eigenvalue weighted by molar-refractivity contribution is 5.98. The Morgan fingerprint density at radius 3 is 2.50 bits per heavy atom. The molecule has 5 heteroatoms. The number of carbonyl (C=O) groups is 2. The number of hydrogen-bond acceptors (Lipinski definition) is 3. The number of amides is 2. The molecule has 2 aliphatic heterocycles. The van der Waals surface area contributed by atoms with Gasteiger partial charge >= 0.3 is 0 Å². The summed E-state index contributed by atoms with van der Waals surface area (Å²) in [5.74, 6) is 1.68. The van der Waals surface area contributed by atoms with Crippen LogP contribution in [0.15, 0.2) is 30.3 Å². The van der Waals surface area contributed by atoms with Crippen LogP contribution in [0, 0.1) is 17.8 Å². The van der Waals surface area contributed by atoms with E-state index in [0.29, 0.717) is 23.3 Å². The first kappa shape index (κ1) is 18.2. The Morgan fingerprint density at radius 1 is 0.929 bits per heavy atom. The van der Waals surface area contributed by atoms with Crippen LogP contribution in [0.25, 0.3) is 0 Å². The molecule has 2 amide bonds. The number of hydrogen-bond donors (Lipinski definition) is 1. The monoisotopic (exact) mass is 381 g/mol. The molecule has 5 nitrogen and oxygen atoms in total. The van der Waals surface area contributed by atoms with Crippen LogP contribution in [0.5, 0.6) is 0 Å². The quantitative estimate of drug-likeness (QED) is 0.856. The second-order valence-corrected chi connectivity index (χ2v) is 9.35. The van der Waals surface area contributed by atoms with Gasteiger partial charge in [0, 0.05) is 30.7 Å². The molecule has 2 saturated carbocycles. The number of nitrogens with two attached hydrogens (primary N) is 1. The second-order valence-electron chi connectivity index (χ2n) is 9.35. The van der Waals surface area contributed by atoms with Crippen molar-refractivity contribution >= 4 is 11.8 Å². The van der Waals surface area contributed by atoms with Crippen LogP contribution < -0.4 is 5.73 Å². The summed E-state index contributed by atoms with van der Waals surface area (Å²) < 4.78 is 0. The molecule has 4 aliphatic rings. The van der Waals surface area contributed by atoms with Crippen LogP contribution in [0.2, 0.25) is 0 Å². The summed E-state index contributed by atoms with van der Waals surface area (Å²) in [5.41, 5.74) is 6.98. The molecule has 2 aliphatic carbocycles. The molecule has 1 aromatic carbocycles. The number of rotatable bonds is 2. The van der Waals surface area contributed by atoms with Crippen molar-refractivity contribution in [2.45, 2.75) is 63.1 Å². The van der Waals surface area contributed by atoms with Crippen molar-refractivity contribution in [2.24, 2.45) is 23.5 Å². The Bertz CT molecular complexity index is 751. The maximum Gasteiger partial charge on any atom is 0.254 e. The van der Waals surface area contributed by atoms with Crippen LogP contribution >= 0.6 is 0 Å². The van der Waals surface area contributed by atoms with Gasteiger partial charge in [-0.15, -0.1) is 0 Å². The van der Waals surface area contributed by atoms with Crippen LogP contribution in [-0.4, -0.2) is 52.8 Å². The highest BCUT2D eigenvalue weighted by atomic mass is 16.2. The fraction of sp³-hybridized carbons (Fsp3) is 0.652. The van der Waals surface area contributed by atoms with Gasteiger partial charge in [0.05, 0.1) is 0 Å². The first-order chi connectivity index (χ1) is 13.6. The normalized spacial score (nSPS) is 37.0. The molecule has 2 N–H and O–H groups in total. The fourth-order valence-electron chi connectivity index (χ4n) is 6.40. The molecule has 0 radical (unpaired) electrons. The Balaban J connectivity index is 1.40. The van der Waals surface area contributed by atoms with E-state index in [2.05, 4.69) is 0 Å². The molecule has 4 fully saturated rings. The lowest BCUT2D eigenvalue weighted by Gasteiger charge is -2.35. The summed E-state index contributed by atoms with van der Waals surface area (Å²) in [6, 6.07) is 9.65. The van der Waals surface area contributed by atoms with E-state index < -0.39 is 0 Å². The van der Waals surface area contributed by atoms with Gasteiger partial charge in [0.25, 0.3) is 5.91 Å². The molecule has 0 aromatic heterocycles. The number of nitrogens with zero attached hydrogens (tertiary/aromatic N) is 2. The van der Waals surface area contributed by atoms with Gasteiger partial charge in [-0.2, -0.15) is 0 Å². The average Bonchev–Trinajstić information content (AvgIpc) is 3.41. The van der Waals surface area contributed by atoms with Crippen LogP contribution in [0.1, 0.15) is 55.3 Å². The number of carbonyl (C=O) groups excluding carboxylic acids is 2. The fourth-order valence-corrected chi connectivity index (χ4v) is 6.40. The van der Waals surface area contributed by atoms with Gasteiger partial charge in [-0.05, 0) is 62.0 Å². The van der Waals surface area contributed by atoms with Gasteiger partial charge in [0.2, 0.25) is 5.91 Å². The van der Waals surface area contributed by atoms with Gasteiger partial charge in [-0.25, -0.2) is 0 Å². The minimum Gasteiger partial charge on any atom is -0.340 e. The van der Waals surface area contributed by atoms with Gasteiger partial charge < -0.3 is 15.5 Å².